The standard InChI is InChI=1S/C12H15BrClNO/c1-7(15-6-8-2-3-8)10-4-9(13)5-11(14)12(10)16/h4-5,7-8,15-16H,2-3,6H2,1H3. The van der Waals surface area contributed by atoms with Crippen molar-refractivity contribution in [2.45, 2.75) is 25.8 Å². The Kier molecular flexibility index (Phi) is 3.77. The molecule has 0 aliphatic heterocycles. The number of rotatable bonds is 4. The highest BCUT2D eigenvalue weighted by molar-refractivity contribution is 9.10. The van der Waals surface area contributed by atoms with Crippen LogP contribution >= 0.6 is 27.5 Å². The van der Waals surface area contributed by atoms with E-state index in [0.29, 0.717) is 5.02 Å². The number of aromatic hydroxyl groups is 1. The second kappa shape index (κ2) is 4.94. The lowest BCUT2D eigenvalue weighted by atomic mass is 10.1. The second-order valence-electron chi connectivity index (χ2n) is 4.40. The number of benzene rings is 1. The molecule has 16 heavy (non-hydrogen) atoms. The number of hydrogen-bond acceptors (Lipinski definition) is 2. The molecular formula is C12H15BrClNO. The topological polar surface area (TPSA) is 32.3 Å². The largest absolute Gasteiger partial charge is 0.506 e. The lowest BCUT2D eigenvalue weighted by Gasteiger charge is -2.16. The van der Waals surface area contributed by atoms with Gasteiger partial charge in [-0.3, -0.25) is 0 Å². The predicted octanol–water partition coefficient (Wildman–Crippen LogP) is 3.87. The summed E-state index contributed by atoms with van der Waals surface area (Å²) in [5.74, 6) is 1.01. The van der Waals surface area contributed by atoms with Gasteiger partial charge in [0.05, 0.1) is 5.02 Å². The molecule has 0 radical (unpaired) electrons. The maximum Gasteiger partial charge on any atom is 0.139 e. The zero-order chi connectivity index (χ0) is 11.7. The molecular weight excluding hydrogens is 289 g/mol. The van der Waals surface area contributed by atoms with Crippen LogP contribution in [0.15, 0.2) is 16.6 Å². The Labute approximate surface area is 109 Å². The van der Waals surface area contributed by atoms with Crippen LogP contribution in [0.3, 0.4) is 0 Å². The molecule has 1 aromatic rings. The van der Waals surface area contributed by atoms with E-state index in [9.17, 15) is 5.11 Å². The number of nitrogens with one attached hydrogen (secondary N) is 1. The number of halogens is 2. The van der Waals surface area contributed by atoms with Crippen molar-refractivity contribution in [2.24, 2.45) is 5.92 Å². The number of hydrogen-bond donors (Lipinski definition) is 2. The molecule has 2 nitrogen and oxygen atoms in total. The van der Waals surface area contributed by atoms with Gasteiger partial charge >= 0.3 is 0 Å². The van der Waals surface area contributed by atoms with E-state index in [0.717, 1.165) is 22.5 Å². The maximum absolute atomic E-state index is 9.88. The van der Waals surface area contributed by atoms with E-state index >= 15 is 0 Å². The summed E-state index contributed by atoms with van der Waals surface area (Å²) in [6, 6.07) is 3.73. The Bertz CT molecular complexity index is 393. The van der Waals surface area contributed by atoms with Crippen LogP contribution in [-0.2, 0) is 0 Å². The third kappa shape index (κ3) is 2.90. The Morgan fingerprint density at radius 3 is 2.88 bits per heavy atom. The summed E-state index contributed by atoms with van der Waals surface area (Å²) in [5, 5.41) is 13.7. The molecule has 0 aromatic heterocycles. The Morgan fingerprint density at radius 2 is 2.25 bits per heavy atom. The minimum atomic E-state index is 0.121. The average molecular weight is 305 g/mol. The number of phenols is 1. The first-order valence-electron chi connectivity index (χ1n) is 5.49. The van der Waals surface area contributed by atoms with Crippen molar-refractivity contribution in [3.05, 3.63) is 27.2 Å². The van der Waals surface area contributed by atoms with Crippen LogP contribution in [0.5, 0.6) is 5.75 Å². The van der Waals surface area contributed by atoms with Crippen LogP contribution in [-0.4, -0.2) is 11.7 Å². The summed E-state index contributed by atoms with van der Waals surface area (Å²) < 4.78 is 0.894. The molecule has 0 bridgehead atoms. The van der Waals surface area contributed by atoms with E-state index in [1.165, 1.54) is 12.8 Å². The molecule has 1 aromatic carbocycles. The SMILES string of the molecule is CC(NCC1CC1)c1cc(Br)cc(Cl)c1O. The molecule has 88 valence electrons. The molecule has 1 atom stereocenters. The predicted molar refractivity (Wildman–Crippen MR) is 70.0 cm³/mol. The van der Waals surface area contributed by atoms with E-state index in [1.807, 2.05) is 13.0 Å². The van der Waals surface area contributed by atoms with Crippen molar-refractivity contribution in [1.29, 1.82) is 0 Å². The first-order valence-corrected chi connectivity index (χ1v) is 6.66. The lowest BCUT2D eigenvalue weighted by Crippen LogP contribution is -2.21. The summed E-state index contributed by atoms with van der Waals surface area (Å²) in [4.78, 5) is 0. The fraction of sp³-hybridized carbons (Fsp3) is 0.500. The highest BCUT2D eigenvalue weighted by Gasteiger charge is 2.22. The highest BCUT2D eigenvalue weighted by atomic mass is 79.9. The summed E-state index contributed by atoms with van der Waals surface area (Å²) in [6.45, 7) is 3.06. The molecule has 0 saturated heterocycles. The van der Waals surface area contributed by atoms with Gasteiger partial charge in [0.15, 0.2) is 0 Å². The maximum atomic E-state index is 9.88. The summed E-state index contributed by atoms with van der Waals surface area (Å²) >= 11 is 9.31. The van der Waals surface area contributed by atoms with Gasteiger partial charge in [-0.2, -0.15) is 0 Å². The van der Waals surface area contributed by atoms with Gasteiger partial charge in [-0.25, -0.2) is 0 Å². The molecule has 1 aliphatic rings. The third-order valence-corrected chi connectivity index (χ3v) is 3.68. The highest BCUT2D eigenvalue weighted by Crippen LogP contribution is 2.35. The summed E-state index contributed by atoms with van der Waals surface area (Å²) in [6.07, 6.45) is 2.65. The van der Waals surface area contributed by atoms with Crippen LogP contribution in [0, 0.1) is 5.92 Å². The molecule has 1 fully saturated rings. The molecule has 0 amide bonds. The van der Waals surface area contributed by atoms with E-state index < -0.39 is 0 Å². The van der Waals surface area contributed by atoms with Gasteiger partial charge in [0.25, 0.3) is 0 Å². The van der Waals surface area contributed by atoms with E-state index in [4.69, 9.17) is 11.6 Å². The Hall–Kier alpha value is -0.250. The van der Waals surface area contributed by atoms with Crippen molar-refractivity contribution in [3.8, 4) is 5.75 Å². The van der Waals surface area contributed by atoms with Crippen LogP contribution < -0.4 is 5.32 Å². The molecule has 1 unspecified atom stereocenters. The molecule has 2 rings (SSSR count). The fourth-order valence-electron chi connectivity index (χ4n) is 1.69. The smallest absolute Gasteiger partial charge is 0.139 e. The average Bonchev–Trinajstić information content (AvgIpc) is 3.03. The Morgan fingerprint density at radius 1 is 1.56 bits per heavy atom. The number of phenolic OH excluding ortho intramolecular Hbond substituents is 1. The summed E-state index contributed by atoms with van der Waals surface area (Å²) in [7, 11) is 0. The van der Waals surface area contributed by atoms with E-state index in [2.05, 4.69) is 21.2 Å². The second-order valence-corrected chi connectivity index (χ2v) is 5.72. The van der Waals surface area contributed by atoms with Crippen LogP contribution in [0.25, 0.3) is 0 Å². The Balaban J connectivity index is 2.10. The van der Waals surface area contributed by atoms with E-state index in [1.54, 1.807) is 6.07 Å². The van der Waals surface area contributed by atoms with Gasteiger partial charge in [-0.1, -0.05) is 27.5 Å². The quantitative estimate of drug-likeness (QED) is 0.885. The molecule has 2 N–H and O–H groups in total. The molecule has 0 spiro atoms. The zero-order valence-electron chi connectivity index (χ0n) is 9.13. The first kappa shape index (κ1) is 12.2. The molecule has 1 saturated carbocycles. The zero-order valence-corrected chi connectivity index (χ0v) is 11.5. The van der Waals surface area contributed by atoms with Crippen molar-refractivity contribution in [2.75, 3.05) is 6.54 Å². The van der Waals surface area contributed by atoms with Crippen LogP contribution in [0.1, 0.15) is 31.4 Å². The van der Waals surface area contributed by atoms with Gasteiger partial charge < -0.3 is 10.4 Å². The van der Waals surface area contributed by atoms with Crippen molar-refractivity contribution in [3.63, 3.8) is 0 Å². The van der Waals surface area contributed by atoms with E-state index in [-0.39, 0.29) is 11.8 Å². The summed E-state index contributed by atoms with van der Waals surface area (Å²) in [5.41, 5.74) is 0.847. The third-order valence-electron chi connectivity index (χ3n) is 2.93. The van der Waals surface area contributed by atoms with Crippen LogP contribution in [0.4, 0.5) is 0 Å². The van der Waals surface area contributed by atoms with Crippen LogP contribution in [0.2, 0.25) is 5.02 Å². The first-order chi connectivity index (χ1) is 7.58. The minimum Gasteiger partial charge on any atom is -0.506 e. The van der Waals surface area contributed by atoms with Gasteiger partial charge in [0.1, 0.15) is 5.75 Å². The van der Waals surface area contributed by atoms with Gasteiger partial charge in [-0.05, 0) is 44.4 Å². The van der Waals surface area contributed by atoms with Crippen molar-refractivity contribution >= 4 is 27.5 Å². The van der Waals surface area contributed by atoms with Gasteiger partial charge in [0, 0.05) is 16.1 Å². The molecule has 4 heteroatoms. The lowest BCUT2D eigenvalue weighted by molar-refractivity contribution is 0.450. The molecule has 1 aliphatic carbocycles. The monoisotopic (exact) mass is 303 g/mol. The molecule has 0 heterocycles. The minimum absolute atomic E-state index is 0.121. The van der Waals surface area contributed by atoms with Gasteiger partial charge in [0.2, 0.25) is 0 Å². The van der Waals surface area contributed by atoms with Crippen molar-refractivity contribution in [1.82, 2.24) is 5.32 Å². The normalized spacial score (nSPS) is 17.4. The van der Waals surface area contributed by atoms with Crippen molar-refractivity contribution < 1.29 is 5.11 Å². The van der Waals surface area contributed by atoms with Gasteiger partial charge in [-0.15, -0.1) is 0 Å². The fourth-order valence-corrected chi connectivity index (χ4v) is 2.53.